The SMILES string of the molecule is CCCCCCSc1c(O)c2c(c(O)c1SCCCCCC)C(=O)C1=C(C[C@](C)(O)[C@H](O)[C@H]1O)C2=O. The summed E-state index contributed by atoms with van der Waals surface area (Å²) < 4.78 is 0. The molecule has 1 aromatic rings. The molecule has 3 atom stereocenters. The predicted molar refractivity (Wildman–Crippen MR) is 142 cm³/mol. The van der Waals surface area contributed by atoms with Crippen LogP contribution in [0.2, 0.25) is 0 Å². The van der Waals surface area contributed by atoms with Crippen molar-refractivity contribution in [3.05, 3.63) is 22.3 Å². The Balaban J connectivity index is 2.06. The van der Waals surface area contributed by atoms with Crippen LogP contribution in [-0.2, 0) is 0 Å². The lowest BCUT2D eigenvalue weighted by Crippen LogP contribution is -2.54. The first kappa shape index (κ1) is 29.0. The molecule has 0 spiro atoms. The Kier molecular flexibility index (Phi) is 9.96. The molecule has 0 radical (unpaired) electrons. The highest BCUT2D eigenvalue weighted by Gasteiger charge is 2.51. The summed E-state index contributed by atoms with van der Waals surface area (Å²) in [5.74, 6) is -0.874. The van der Waals surface area contributed by atoms with Gasteiger partial charge in [0.1, 0.15) is 23.7 Å². The Hall–Kier alpha value is -1.52. The van der Waals surface area contributed by atoms with E-state index in [2.05, 4.69) is 13.8 Å². The molecular formula is C27H38O7S2. The van der Waals surface area contributed by atoms with Crippen molar-refractivity contribution in [2.24, 2.45) is 0 Å². The molecule has 2 aliphatic carbocycles. The number of Topliss-reactive ketones (excluding diaryl/α,β-unsaturated/α-hetero) is 2. The number of phenols is 2. The number of hydrogen-bond acceptors (Lipinski definition) is 9. The van der Waals surface area contributed by atoms with Crippen molar-refractivity contribution < 1.29 is 35.1 Å². The van der Waals surface area contributed by atoms with Crippen molar-refractivity contribution in [3.63, 3.8) is 0 Å². The Labute approximate surface area is 221 Å². The average Bonchev–Trinajstić information content (AvgIpc) is 2.83. The Morgan fingerprint density at radius 1 is 0.806 bits per heavy atom. The van der Waals surface area contributed by atoms with Crippen molar-refractivity contribution in [2.45, 2.75) is 106 Å². The average molecular weight is 539 g/mol. The van der Waals surface area contributed by atoms with Crippen LogP contribution < -0.4 is 0 Å². The Morgan fingerprint density at radius 3 is 1.75 bits per heavy atom. The minimum absolute atomic E-state index is 0.135. The summed E-state index contributed by atoms with van der Waals surface area (Å²) in [6.45, 7) is 5.53. The lowest BCUT2D eigenvalue weighted by atomic mass is 9.70. The number of aliphatic hydroxyl groups is 3. The van der Waals surface area contributed by atoms with Crippen LogP contribution in [0.5, 0.6) is 11.5 Å². The van der Waals surface area contributed by atoms with Crippen molar-refractivity contribution in [1.29, 1.82) is 0 Å². The molecule has 7 nitrogen and oxygen atoms in total. The molecule has 0 amide bonds. The van der Waals surface area contributed by atoms with Gasteiger partial charge in [-0.2, -0.15) is 0 Å². The normalized spacial score (nSPS) is 23.7. The smallest absolute Gasteiger partial charge is 0.196 e. The largest absolute Gasteiger partial charge is 0.506 e. The number of ketones is 2. The zero-order chi connectivity index (χ0) is 26.6. The zero-order valence-corrected chi connectivity index (χ0v) is 22.9. The first-order valence-corrected chi connectivity index (χ1v) is 14.8. The molecule has 36 heavy (non-hydrogen) atoms. The van der Waals surface area contributed by atoms with Gasteiger partial charge in [-0.05, 0) is 31.3 Å². The molecule has 0 bridgehead atoms. The molecule has 2 aliphatic rings. The number of aliphatic hydroxyl groups excluding tert-OH is 2. The van der Waals surface area contributed by atoms with Crippen LogP contribution in [0.15, 0.2) is 20.9 Å². The standard InChI is InChI=1S/C27H38O7S2/c1-4-6-8-10-12-35-24-21(30)17-18(22(31)25(24)36-13-11-9-7-5-2)20(29)16-15(19(17)28)14-27(3,34)26(33)23(16)32/h23,26,30-34H,4-14H2,1-3H3/t23-,26+,27-/m0/s1. The van der Waals surface area contributed by atoms with E-state index in [0.717, 1.165) is 51.4 Å². The molecule has 1 aromatic carbocycles. The van der Waals surface area contributed by atoms with Gasteiger partial charge >= 0.3 is 0 Å². The molecule has 0 saturated carbocycles. The Morgan fingerprint density at radius 2 is 1.28 bits per heavy atom. The molecule has 0 fully saturated rings. The van der Waals surface area contributed by atoms with E-state index in [1.807, 2.05) is 0 Å². The lowest BCUT2D eigenvalue weighted by molar-refractivity contribution is -0.111. The number of phenolic OH excluding ortho intramolecular Hbond substituents is 2. The first-order chi connectivity index (χ1) is 17.1. The van der Waals surface area contributed by atoms with Gasteiger partial charge in [0.25, 0.3) is 0 Å². The highest BCUT2D eigenvalue weighted by atomic mass is 32.2. The van der Waals surface area contributed by atoms with Crippen LogP contribution in [0, 0.1) is 0 Å². The summed E-state index contributed by atoms with van der Waals surface area (Å²) in [4.78, 5) is 27.8. The van der Waals surface area contributed by atoms with Gasteiger partial charge in [-0.3, -0.25) is 9.59 Å². The molecule has 0 heterocycles. The highest BCUT2D eigenvalue weighted by Crippen LogP contribution is 2.52. The number of hydrogen-bond donors (Lipinski definition) is 5. The predicted octanol–water partition coefficient (Wildman–Crippen LogP) is 4.99. The van der Waals surface area contributed by atoms with Gasteiger partial charge in [-0.1, -0.05) is 52.4 Å². The second-order valence-corrected chi connectivity index (χ2v) is 12.1. The zero-order valence-electron chi connectivity index (χ0n) is 21.3. The monoisotopic (exact) mass is 538 g/mol. The fourth-order valence-corrected chi connectivity index (χ4v) is 7.18. The fourth-order valence-electron chi connectivity index (χ4n) is 4.79. The van der Waals surface area contributed by atoms with Crippen LogP contribution >= 0.6 is 23.5 Å². The summed E-state index contributed by atoms with van der Waals surface area (Å²) in [5.41, 5.74) is -2.91. The van der Waals surface area contributed by atoms with Gasteiger partial charge in [-0.25, -0.2) is 0 Å². The quantitative estimate of drug-likeness (QED) is 0.142. The second kappa shape index (κ2) is 12.3. The molecule has 0 aliphatic heterocycles. The maximum Gasteiger partial charge on any atom is 0.196 e. The van der Waals surface area contributed by atoms with E-state index >= 15 is 0 Å². The Bertz CT molecular complexity index is 1030. The number of fused-ring (bicyclic) bond motifs is 1. The van der Waals surface area contributed by atoms with Crippen molar-refractivity contribution in [2.75, 3.05) is 11.5 Å². The summed E-state index contributed by atoms with van der Waals surface area (Å²) in [6, 6.07) is 0. The van der Waals surface area contributed by atoms with Gasteiger partial charge in [0.2, 0.25) is 0 Å². The topological polar surface area (TPSA) is 135 Å². The molecule has 0 unspecified atom stereocenters. The third-order valence-electron chi connectivity index (χ3n) is 6.91. The second-order valence-electron chi connectivity index (χ2n) is 9.90. The molecule has 200 valence electrons. The van der Waals surface area contributed by atoms with Crippen LogP contribution in [0.1, 0.15) is 99.3 Å². The molecule has 9 heteroatoms. The first-order valence-electron chi connectivity index (χ1n) is 12.9. The van der Waals surface area contributed by atoms with Gasteiger partial charge in [-0.15, -0.1) is 23.5 Å². The van der Waals surface area contributed by atoms with E-state index < -0.39 is 29.4 Å². The van der Waals surface area contributed by atoms with Crippen molar-refractivity contribution in [3.8, 4) is 11.5 Å². The molecule has 0 saturated heterocycles. The van der Waals surface area contributed by atoms with Crippen LogP contribution in [0.3, 0.4) is 0 Å². The van der Waals surface area contributed by atoms with Crippen LogP contribution in [0.25, 0.3) is 0 Å². The number of aromatic hydroxyl groups is 2. The van der Waals surface area contributed by atoms with Gasteiger partial charge in [0, 0.05) is 17.6 Å². The highest BCUT2D eigenvalue weighted by molar-refractivity contribution is 8.02. The van der Waals surface area contributed by atoms with Crippen LogP contribution in [-0.4, -0.2) is 66.4 Å². The van der Waals surface area contributed by atoms with E-state index in [1.54, 1.807) is 0 Å². The van der Waals surface area contributed by atoms with E-state index in [0.29, 0.717) is 21.3 Å². The summed E-state index contributed by atoms with van der Waals surface area (Å²) in [7, 11) is 0. The third kappa shape index (κ3) is 5.65. The van der Waals surface area contributed by atoms with Crippen molar-refractivity contribution in [1.82, 2.24) is 0 Å². The van der Waals surface area contributed by atoms with Gasteiger partial charge < -0.3 is 25.5 Å². The summed E-state index contributed by atoms with van der Waals surface area (Å²) in [6.07, 6.45) is 4.43. The van der Waals surface area contributed by atoms with E-state index in [1.165, 1.54) is 30.4 Å². The fraction of sp³-hybridized carbons (Fsp3) is 0.630. The van der Waals surface area contributed by atoms with Crippen molar-refractivity contribution >= 4 is 35.1 Å². The summed E-state index contributed by atoms with van der Waals surface area (Å²) >= 11 is 2.71. The number of rotatable bonds is 12. The molecule has 0 aromatic heterocycles. The van der Waals surface area contributed by atoms with Crippen LogP contribution in [0.4, 0.5) is 0 Å². The summed E-state index contributed by atoms with van der Waals surface area (Å²) in [5, 5.41) is 54.1. The molecule has 3 rings (SSSR count). The third-order valence-corrected chi connectivity index (χ3v) is 9.40. The number of carbonyl (C=O) groups is 2. The maximum atomic E-state index is 13.5. The van der Waals surface area contributed by atoms with E-state index in [-0.39, 0.29) is 40.2 Å². The molecule has 5 N–H and O–H groups in total. The van der Waals surface area contributed by atoms with E-state index in [4.69, 9.17) is 0 Å². The lowest BCUT2D eigenvalue weighted by Gasteiger charge is -2.40. The minimum Gasteiger partial charge on any atom is -0.506 e. The molecular weight excluding hydrogens is 500 g/mol. The van der Waals surface area contributed by atoms with Gasteiger partial charge in [0.05, 0.1) is 26.5 Å². The minimum atomic E-state index is -1.82. The maximum absolute atomic E-state index is 13.5. The van der Waals surface area contributed by atoms with E-state index in [9.17, 15) is 35.1 Å². The number of thioether (sulfide) groups is 2. The number of benzene rings is 1. The van der Waals surface area contributed by atoms with Gasteiger partial charge in [0.15, 0.2) is 11.6 Å². The number of unbranched alkanes of at least 4 members (excludes halogenated alkanes) is 6. The number of carbonyl (C=O) groups excluding carboxylic acids is 2.